The van der Waals surface area contributed by atoms with E-state index in [9.17, 15) is 4.79 Å². The fourth-order valence-electron chi connectivity index (χ4n) is 0.796. The molecule has 0 heterocycles. The normalized spacial score (nSPS) is 29.1. The minimum Gasteiger partial charge on any atom is -0.294 e. The molecular formula is C6H8O. The lowest BCUT2D eigenvalue weighted by atomic mass is 9.88. The molecule has 0 aromatic rings. The van der Waals surface area contributed by atoms with Crippen LogP contribution in [-0.2, 0) is 4.79 Å². The molecule has 1 atom stereocenters. The van der Waals surface area contributed by atoms with Crippen LogP contribution in [-0.4, -0.2) is 5.78 Å². The van der Waals surface area contributed by atoms with Crippen molar-refractivity contribution in [2.24, 2.45) is 5.92 Å². The van der Waals surface area contributed by atoms with E-state index in [1.165, 1.54) is 0 Å². The summed E-state index contributed by atoms with van der Waals surface area (Å²) in [5, 5.41) is 0. The van der Waals surface area contributed by atoms with Gasteiger partial charge < -0.3 is 0 Å². The molecule has 0 saturated carbocycles. The summed E-state index contributed by atoms with van der Waals surface area (Å²) >= 11 is 0. The lowest BCUT2D eigenvalue weighted by molar-refractivity contribution is -0.119. The summed E-state index contributed by atoms with van der Waals surface area (Å²) in [6.07, 6.45) is 1.97. The SMILES string of the molecule is CC1=CC(C)C1=O. The van der Waals surface area contributed by atoms with Gasteiger partial charge in [-0.1, -0.05) is 13.0 Å². The van der Waals surface area contributed by atoms with Crippen LogP contribution in [0.3, 0.4) is 0 Å². The fourth-order valence-corrected chi connectivity index (χ4v) is 0.796. The van der Waals surface area contributed by atoms with Gasteiger partial charge in [-0.25, -0.2) is 0 Å². The third kappa shape index (κ3) is 0.483. The Morgan fingerprint density at radius 3 is 2.29 bits per heavy atom. The van der Waals surface area contributed by atoms with Crippen molar-refractivity contribution in [3.8, 4) is 0 Å². The van der Waals surface area contributed by atoms with Gasteiger partial charge in [-0.05, 0) is 12.5 Å². The Hall–Kier alpha value is -0.590. The fraction of sp³-hybridized carbons (Fsp3) is 0.500. The average molecular weight is 96.1 g/mol. The minimum absolute atomic E-state index is 0.208. The zero-order valence-corrected chi connectivity index (χ0v) is 4.56. The second-order valence-corrected chi connectivity index (χ2v) is 2.00. The maximum Gasteiger partial charge on any atom is 0.164 e. The molecular weight excluding hydrogens is 88.1 g/mol. The first-order chi connectivity index (χ1) is 3.22. The molecule has 0 bridgehead atoms. The molecule has 1 aliphatic carbocycles. The van der Waals surface area contributed by atoms with Crippen LogP contribution in [0.5, 0.6) is 0 Å². The van der Waals surface area contributed by atoms with Gasteiger partial charge in [0.1, 0.15) is 0 Å². The molecule has 0 spiro atoms. The lowest BCUT2D eigenvalue weighted by Crippen LogP contribution is -2.19. The molecule has 0 saturated heterocycles. The van der Waals surface area contributed by atoms with Gasteiger partial charge in [-0.15, -0.1) is 0 Å². The zero-order chi connectivity index (χ0) is 5.44. The van der Waals surface area contributed by atoms with E-state index in [0.29, 0.717) is 5.78 Å². The number of Topliss-reactive ketones (excluding diaryl/α,β-unsaturated/α-hetero) is 1. The van der Waals surface area contributed by atoms with Gasteiger partial charge in [0.15, 0.2) is 5.78 Å². The molecule has 7 heavy (non-hydrogen) atoms. The quantitative estimate of drug-likeness (QED) is 0.442. The van der Waals surface area contributed by atoms with E-state index in [1.807, 2.05) is 19.9 Å². The minimum atomic E-state index is 0.208. The number of carbonyl (C=O) groups is 1. The van der Waals surface area contributed by atoms with Crippen molar-refractivity contribution in [2.45, 2.75) is 13.8 Å². The van der Waals surface area contributed by atoms with E-state index in [1.54, 1.807) is 0 Å². The molecule has 0 amide bonds. The molecule has 0 aliphatic heterocycles. The highest BCUT2D eigenvalue weighted by Gasteiger charge is 2.20. The van der Waals surface area contributed by atoms with Gasteiger partial charge in [0.05, 0.1) is 0 Å². The Balaban J connectivity index is 2.75. The summed E-state index contributed by atoms with van der Waals surface area (Å²) in [5.74, 6) is 0.514. The molecule has 0 aromatic heterocycles. The monoisotopic (exact) mass is 96.1 g/mol. The van der Waals surface area contributed by atoms with E-state index in [2.05, 4.69) is 0 Å². The van der Waals surface area contributed by atoms with Crippen molar-refractivity contribution in [3.63, 3.8) is 0 Å². The van der Waals surface area contributed by atoms with Gasteiger partial charge in [-0.2, -0.15) is 0 Å². The van der Waals surface area contributed by atoms with Crippen LogP contribution in [0.4, 0.5) is 0 Å². The zero-order valence-electron chi connectivity index (χ0n) is 4.56. The van der Waals surface area contributed by atoms with Crippen molar-refractivity contribution in [2.75, 3.05) is 0 Å². The molecule has 1 heteroatoms. The van der Waals surface area contributed by atoms with E-state index in [-0.39, 0.29) is 5.92 Å². The summed E-state index contributed by atoms with van der Waals surface area (Å²) in [6.45, 7) is 3.76. The maximum absolute atomic E-state index is 10.5. The van der Waals surface area contributed by atoms with Crippen molar-refractivity contribution < 1.29 is 4.79 Å². The summed E-state index contributed by atoms with van der Waals surface area (Å²) < 4.78 is 0. The van der Waals surface area contributed by atoms with Crippen LogP contribution >= 0.6 is 0 Å². The number of carbonyl (C=O) groups excluding carboxylic acids is 1. The van der Waals surface area contributed by atoms with Crippen LogP contribution in [0.2, 0.25) is 0 Å². The number of allylic oxidation sites excluding steroid dienone is 2. The highest BCUT2D eigenvalue weighted by Crippen LogP contribution is 2.18. The van der Waals surface area contributed by atoms with E-state index in [4.69, 9.17) is 0 Å². The number of hydrogen-bond acceptors (Lipinski definition) is 1. The first-order valence-corrected chi connectivity index (χ1v) is 2.44. The van der Waals surface area contributed by atoms with Gasteiger partial charge in [-0.3, -0.25) is 4.79 Å². The number of rotatable bonds is 0. The Kier molecular flexibility index (Phi) is 0.775. The largest absolute Gasteiger partial charge is 0.294 e. The van der Waals surface area contributed by atoms with Crippen molar-refractivity contribution >= 4 is 5.78 Å². The first-order valence-electron chi connectivity index (χ1n) is 2.44. The van der Waals surface area contributed by atoms with Crippen molar-refractivity contribution in [1.82, 2.24) is 0 Å². The molecule has 0 aromatic carbocycles. The first kappa shape index (κ1) is 4.57. The van der Waals surface area contributed by atoms with Crippen LogP contribution < -0.4 is 0 Å². The number of hydrogen-bond donors (Lipinski definition) is 0. The van der Waals surface area contributed by atoms with Crippen molar-refractivity contribution in [1.29, 1.82) is 0 Å². The highest BCUT2D eigenvalue weighted by atomic mass is 16.1. The standard InChI is InChI=1S/C6H8O/c1-4-3-5(2)6(4)7/h3-4H,1-2H3. The molecule has 38 valence electrons. The lowest BCUT2D eigenvalue weighted by Gasteiger charge is -2.15. The van der Waals surface area contributed by atoms with Gasteiger partial charge >= 0.3 is 0 Å². The summed E-state index contributed by atoms with van der Waals surface area (Å²) in [6, 6.07) is 0. The van der Waals surface area contributed by atoms with E-state index >= 15 is 0 Å². The molecule has 1 nitrogen and oxygen atoms in total. The van der Waals surface area contributed by atoms with Crippen LogP contribution in [0.15, 0.2) is 11.6 Å². The third-order valence-corrected chi connectivity index (χ3v) is 1.30. The van der Waals surface area contributed by atoms with Crippen LogP contribution in [0.1, 0.15) is 13.8 Å². The van der Waals surface area contributed by atoms with Gasteiger partial charge in [0.25, 0.3) is 0 Å². The molecule has 1 aliphatic rings. The molecule has 0 N–H and O–H groups in total. The summed E-state index contributed by atoms with van der Waals surface area (Å²) in [5.41, 5.74) is 0.924. The highest BCUT2D eigenvalue weighted by molar-refractivity contribution is 6.03. The smallest absolute Gasteiger partial charge is 0.164 e. The van der Waals surface area contributed by atoms with Gasteiger partial charge in [0, 0.05) is 5.92 Å². The van der Waals surface area contributed by atoms with Gasteiger partial charge in [0.2, 0.25) is 0 Å². The van der Waals surface area contributed by atoms with Crippen molar-refractivity contribution in [3.05, 3.63) is 11.6 Å². The van der Waals surface area contributed by atoms with Crippen LogP contribution in [0, 0.1) is 5.92 Å². The average Bonchev–Trinajstić information content (AvgIpc) is 1.68. The maximum atomic E-state index is 10.5. The third-order valence-electron chi connectivity index (χ3n) is 1.30. The second kappa shape index (κ2) is 1.19. The Morgan fingerprint density at radius 1 is 1.71 bits per heavy atom. The predicted molar refractivity (Wildman–Crippen MR) is 27.9 cm³/mol. The van der Waals surface area contributed by atoms with E-state index < -0.39 is 0 Å². The Bertz CT molecular complexity index is 133. The summed E-state index contributed by atoms with van der Waals surface area (Å²) in [7, 11) is 0. The topological polar surface area (TPSA) is 17.1 Å². The van der Waals surface area contributed by atoms with E-state index in [0.717, 1.165) is 5.57 Å². The molecule has 1 rings (SSSR count). The molecule has 0 fully saturated rings. The molecule has 1 unspecified atom stereocenters. The predicted octanol–water partition coefficient (Wildman–Crippen LogP) is 1.15. The second-order valence-electron chi connectivity index (χ2n) is 2.00. The Morgan fingerprint density at radius 2 is 2.29 bits per heavy atom. The molecule has 0 radical (unpaired) electrons. The van der Waals surface area contributed by atoms with Crippen LogP contribution in [0.25, 0.3) is 0 Å². The summed E-state index contributed by atoms with van der Waals surface area (Å²) in [4.78, 5) is 10.5. The number of ketones is 1. The Labute approximate surface area is 43.0 Å².